The second-order valence-corrected chi connectivity index (χ2v) is 3.31. The average molecular weight is 229 g/mol. The predicted octanol–water partition coefficient (Wildman–Crippen LogP) is -0.0796. The van der Waals surface area contributed by atoms with Crippen LogP contribution in [-0.2, 0) is 9.53 Å². The summed E-state index contributed by atoms with van der Waals surface area (Å²) in [5, 5.41) is 13.3. The van der Waals surface area contributed by atoms with Gasteiger partial charge in [-0.3, -0.25) is 14.9 Å². The second kappa shape index (κ2) is 5.94. The first-order chi connectivity index (χ1) is 7.63. The van der Waals surface area contributed by atoms with E-state index in [0.717, 1.165) is 12.6 Å². The monoisotopic (exact) mass is 229 g/mol. The van der Waals surface area contributed by atoms with Gasteiger partial charge in [-0.2, -0.15) is 0 Å². The van der Waals surface area contributed by atoms with Crippen LogP contribution in [-0.4, -0.2) is 42.0 Å². The number of esters is 1. The molecular formula is C9H15N3O4. The van der Waals surface area contributed by atoms with Gasteiger partial charge in [-0.25, -0.2) is 0 Å². The van der Waals surface area contributed by atoms with E-state index in [2.05, 4.69) is 5.32 Å². The normalized spacial score (nSPS) is 18.1. The maximum absolute atomic E-state index is 11.3. The lowest BCUT2D eigenvalue weighted by Gasteiger charge is -2.29. The zero-order valence-electron chi connectivity index (χ0n) is 9.14. The van der Waals surface area contributed by atoms with Crippen LogP contribution in [0.5, 0.6) is 0 Å². The fourth-order valence-electron chi connectivity index (χ4n) is 1.47. The van der Waals surface area contributed by atoms with Crippen LogP contribution >= 0.6 is 0 Å². The van der Waals surface area contributed by atoms with E-state index < -0.39 is 4.92 Å². The van der Waals surface area contributed by atoms with Crippen LogP contribution in [0.2, 0.25) is 0 Å². The number of nitrogens with one attached hydrogen (secondary N) is 1. The lowest BCUT2D eigenvalue weighted by molar-refractivity contribution is -0.404. The van der Waals surface area contributed by atoms with E-state index in [4.69, 9.17) is 4.74 Å². The highest BCUT2D eigenvalue weighted by Gasteiger charge is 2.20. The molecule has 0 aromatic carbocycles. The molecule has 1 aliphatic heterocycles. The molecule has 0 bridgehead atoms. The second-order valence-electron chi connectivity index (χ2n) is 3.31. The number of carbonyl (C=O) groups is 1. The largest absolute Gasteiger partial charge is 0.465 e. The highest BCUT2D eigenvalue weighted by atomic mass is 16.6. The van der Waals surface area contributed by atoms with E-state index in [1.165, 1.54) is 0 Å². The Morgan fingerprint density at radius 3 is 3.12 bits per heavy atom. The Morgan fingerprint density at radius 2 is 2.50 bits per heavy atom. The van der Waals surface area contributed by atoms with Crippen LogP contribution in [0.15, 0.2) is 12.0 Å². The first-order valence-corrected chi connectivity index (χ1v) is 5.13. The maximum atomic E-state index is 11.3. The summed E-state index contributed by atoms with van der Waals surface area (Å²) in [4.78, 5) is 22.7. The SMILES string of the molecule is CCOC(=O)CN1CCCN/C1=C\[N+](=O)[O-]. The third-order valence-corrected chi connectivity index (χ3v) is 2.10. The Kier molecular flexibility index (Phi) is 4.56. The fourth-order valence-corrected chi connectivity index (χ4v) is 1.47. The minimum atomic E-state index is -0.536. The lowest BCUT2D eigenvalue weighted by Crippen LogP contribution is -2.42. The van der Waals surface area contributed by atoms with Crippen LogP contribution in [0.4, 0.5) is 0 Å². The molecule has 0 aromatic heterocycles. The topological polar surface area (TPSA) is 84.7 Å². The molecule has 0 spiro atoms. The van der Waals surface area contributed by atoms with Gasteiger partial charge in [0.05, 0.1) is 11.5 Å². The van der Waals surface area contributed by atoms with Crippen molar-refractivity contribution < 1.29 is 14.5 Å². The number of ether oxygens (including phenoxy) is 1. The maximum Gasteiger partial charge on any atom is 0.325 e. The molecule has 1 saturated heterocycles. The summed E-state index contributed by atoms with van der Waals surface area (Å²) < 4.78 is 4.79. The molecule has 0 aromatic rings. The molecule has 1 N–H and O–H groups in total. The minimum Gasteiger partial charge on any atom is -0.465 e. The zero-order chi connectivity index (χ0) is 12.0. The Labute approximate surface area is 93.2 Å². The first-order valence-electron chi connectivity index (χ1n) is 5.13. The van der Waals surface area contributed by atoms with Crippen molar-refractivity contribution in [1.29, 1.82) is 0 Å². The molecule has 0 unspecified atom stereocenters. The van der Waals surface area contributed by atoms with Crippen molar-refractivity contribution in [3.05, 3.63) is 22.1 Å². The van der Waals surface area contributed by atoms with Crippen molar-refractivity contribution in [1.82, 2.24) is 10.2 Å². The Hall–Kier alpha value is -1.79. The zero-order valence-corrected chi connectivity index (χ0v) is 9.14. The van der Waals surface area contributed by atoms with Gasteiger partial charge in [-0.05, 0) is 13.3 Å². The van der Waals surface area contributed by atoms with Gasteiger partial charge in [-0.1, -0.05) is 0 Å². The molecule has 0 atom stereocenters. The van der Waals surface area contributed by atoms with Crippen molar-refractivity contribution >= 4 is 5.97 Å². The summed E-state index contributed by atoms with van der Waals surface area (Å²) >= 11 is 0. The minimum absolute atomic E-state index is 0.0422. The number of nitro groups is 1. The van der Waals surface area contributed by atoms with Gasteiger partial charge in [0.15, 0.2) is 5.82 Å². The first kappa shape index (κ1) is 12.3. The van der Waals surface area contributed by atoms with Crippen molar-refractivity contribution in [3.63, 3.8) is 0 Å². The molecule has 16 heavy (non-hydrogen) atoms. The molecule has 90 valence electrons. The molecule has 0 aliphatic carbocycles. The van der Waals surface area contributed by atoms with Crippen LogP contribution in [0.3, 0.4) is 0 Å². The highest BCUT2D eigenvalue weighted by molar-refractivity contribution is 5.71. The van der Waals surface area contributed by atoms with E-state index in [1.54, 1.807) is 11.8 Å². The van der Waals surface area contributed by atoms with Gasteiger partial charge in [0, 0.05) is 13.1 Å². The smallest absolute Gasteiger partial charge is 0.325 e. The van der Waals surface area contributed by atoms with Crippen molar-refractivity contribution in [2.45, 2.75) is 13.3 Å². The van der Waals surface area contributed by atoms with Gasteiger partial charge in [0.25, 0.3) is 6.20 Å². The molecular weight excluding hydrogens is 214 g/mol. The molecule has 7 heteroatoms. The summed E-state index contributed by atoms with van der Waals surface area (Å²) in [5.41, 5.74) is 0. The molecule has 1 heterocycles. The molecule has 0 amide bonds. The molecule has 0 radical (unpaired) electrons. The van der Waals surface area contributed by atoms with Crippen molar-refractivity contribution in [2.75, 3.05) is 26.2 Å². The van der Waals surface area contributed by atoms with E-state index in [9.17, 15) is 14.9 Å². The van der Waals surface area contributed by atoms with Crippen LogP contribution in [0.25, 0.3) is 0 Å². The quantitative estimate of drug-likeness (QED) is 0.412. The fraction of sp³-hybridized carbons (Fsp3) is 0.667. The lowest BCUT2D eigenvalue weighted by atomic mass is 10.3. The molecule has 1 aliphatic rings. The summed E-state index contributed by atoms with van der Waals surface area (Å²) in [7, 11) is 0. The van der Waals surface area contributed by atoms with Crippen LogP contribution in [0.1, 0.15) is 13.3 Å². The van der Waals surface area contributed by atoms with E-state index in [0.29, 0.717) is 25.5 Å². The summed E-state index contributed by atoms with van der Waals surface area (Å²) in [6.07, 6.45) is 1.72. The Morgan fingerprint density at radius 1 is 1.75 bits per heavy atom. The molecule has 1 fully saturated rings. The summed E-state index contributed by atoms with van der Waals surface area (Å²) in [5.74, 6) is -0.00949. The van der Waals surface area contributed by atoms with Gasteiger partial charge in [0.2, 0.25) is 0 Å². The average Bonchev–Trinajstić information content (AvgIpc) is 2.20. The standard InChI is InChI=1S/C9H15N3O4/c1-2-16-9(13)7-11-5-3-4-10-8(11)6-12(14)15/h6,10H,2-5,7H2,1H3/b8-6+. The van der Waals surface area contributed by atoms with Crippen molar-refractivity contribution in [3.8, 4) is 0 Å². The van der Waals surface area contributed by atoms with Crippen LogP contribution in [0, 0.1) is 10.1 Å². The number of nitrogens with zero attached hydrogens (tertiary/aromatic N) is 2. The van der Waals surface area contributed by atoms with E-state index in [-0.39, 0.29) is 12.5 Å². The third-order valence-electron chi connectivity index (χ3n) is 2.10. The van der Waals surface area contributed by atoms with Gasteiger partial charge in [0.1, 0.15) is 6.54 Å². The number of carbonyl (C=O) groups excluding carboxylic acids is 1. The highest BCUT2D eigenvalue weighted by Crippen LogP contribution is 2.07. The van der Waals surface area contributed by atoms with E-state index >= 15 is 0 Å². The Bertz CT molecular complexity index is 303. The number of hydrogen-bond acceptors (Lipinski definition) is 6. The van der Waals surface area contributed by atoms with Gasteiger partial charge in [-0.15, -0.1) is 0 Å². The van der Waals surface area contributed by atoms with Gasteiger partial charge < -0.3 is 15.0 Å². The Balaban J connectivity index is 2.60. The number of hydrogen-bond donors (Lipinski definition) is 1. The van der Waals surface area contributed by atoms with Crippen molar-refractivity contribution in [2.24, 2.45) is 0 Å². The molecule has 1 rings (SSSR count). The predicted molar refractivity (Wildman–Crippen MR) is 55.9 cm³/mol. The molecule has 0 saturated carbocycles. The summed E-state index contributed by atoms with van der Waals surface area (Å²) in [6.45, 7) is 3.37. The number of rotatable bonds is 4. The third kappa shape index (κ3) is 3.76. The van der Waals surface area contributed by atoms with Crippen LogP contribution < -0.4 is 5.32 Å². The van der Waals surface area contributed by atoms with E-state index in [1.807, 2.05) is 0 Å². The molecule has 7 nitrogen and oxygen atoms in total. The van der Waals surface area contributed by atoms with Gasteiger partial charge >= 0.3 is 5.97 Å². The summed E-state index contributed by atoms with van der Waals surface area (Å²) in [6, 6.07) is 0.